The molecule has 12 heteroatoms. The second kappa shape index (κ2) is 8.73. The summed E-state index contributed by atoms with van der Waals surface area (Å²) < 4.78 is 66.7. The van der Waals surface area contributed by atoms with E-state index in [1.807, 2.05) is 0 Å². The molecule has 9 nitrogen and oxygen atoms in total. The molecule has 1 aromatic heterocycles. The van der Waals surface area contributed by atoms with Gasteiger partial charge in [0.25, 0.3) is 10.0 Å². The molecular formula is C21H21ClN2O7S2. The van der Waals surface area contributed by atoms with E-state index in [1.165, 1.54) is 40.7 Å². The number of benzene rings is 2. The minimum atomic E-state index is -4.39. The second-order valence-corrected chi connectivity index (χ2v) is 11.5. The van der Waals surface area contributed by atoms with Crippen LogP contribution in [0.4, 0.5) is 0 Å². The van der Waals surface area contributed by atoms with E-state index in [0.717, 1.165) is 0 Å². The average Bonchev–Trinajstić information content (AvgIpc) is 3.15. The third-order valence-electron chi connectivity index (χ3n) is 5.31. The highest BCUT2D eigenvalue weighted by Crippen LogP contribution is 2.36. The Hall–Kier alpha value is -2.44. The van der Waals surface area contributed by atoms with Crippen LogP contribution in [0.15, 0.2) is 64.4 Å². The number of carbonyl (C=O) groups excluding carboxylic acids is 1. The molecule has 1 fully saturated rings. The predicted octanol–water partition coefficient (Wildman–Crippen LogP) is 2.99. The summed E-state index contributed by atoms with van der Waals surface area (Å²) in [7, 11) is -8.75. The summed E-state index contributed by atoms with van der Waals surface area (Å²) in [4.78, 5) is 12.2. The van der Waals surface area contributed by atoms with Crippen molar-refractivity contribution >= 4 is 48.8 Å². The average molecular weight is 513 g/mol. The van der Waals surface area contributed by atoms with Gasteiger partial charge in [0.2, 0.25) is 10.0 Å². The number of fused-ring (bicyclic) bond motifs is 1. The first-order valence-corrected chi connectivity index (χ1v) is 13.2. The minimum absolute atomic E-state index is 0.00588. The molecule has 1 aliphatic rings. The Kier molecular flexibility index (Phi) is 6.27. The number of para-hydroxylation sites is 1. The first kappa shape index (κ1) is 23.7. The molecule has 0 spiro atoms. The van der Waals surface area contributed by atoms with Gasteiger partial charge in [-0.2, -0.15) is 4.31 Å². The minimum Gasteiger partial charge on any atom is -0.373 e. The van der Waals surface area contributed by atoms with Crippen LogP contribution in [-0.2, 0) is 29.1 Å². The maximum atomic E-state index is 13.8. The summed E-state index contributed by atoms with van der Waals surface area (Å²) in [6.45, 7) is 3.53. The molecule has 2 atom stereocenters. The Balaban J connectivity index is 2.08. The summed E-state index contributed by atoms with van der Waals surface area (Å²) in [5.41, 5.74) is -0.687. The van der Waals surface area contributed by atoms with Crippen LogP contribution < -0.4 is 0 Å². The Labute approximate surface area is 196 Å². The van der Waals surface area contributed by atoms with Crippen LogP contribution in [0, 0.1) is 0 Å². The molecular weight excluding hydrogens is 492 g/mol. The van der Waals surface area contributed by atoms with E-state index in [-0.39, 0.29) is 28.9 Å². The smallest absolute Gasteiger partial charge is 0.373 e. The van der Waals surface area contributed by atoms with Crippen LogP contribution in [0.1, 0.15) is 24.3 Å². The van der Waals surface area contributed by atoms with Crippen molar-refractivity contribution in [2.45, 2.75) is 35.8 Å². The van der Waals surface area contributed by atoms with Crippen molar-refractivity contribution in [1.29, 1.82) is 0 Å². The Morgan fingerprint density at radius 3 is 2.12 bits per heavy atom. The van der Waals surface area contributed by atoms with Crippen molar-refractivity contribution in [3.05, 3.63) is 60.3 Å². The number of nitrogens with zero attached hydrogens (tertiary/aromatic N) is 2. The summed E-state index contributed by atoms with van der Waals surface area (Å²) >= 11 is 5.35. The third-order valence-corrected chi connectivity index (χ3v) is 9.09. The molecule has 0 N–H and O–H groups in total. The zero-order valence-electron chi connectivity index (χ0n) is 17.7. The van der Waals surface area contributed by atoms with E-state index in [2.05, 4.69) is 4.29 Å². The van der Waals surface area contributed by atoms with Gasteiger partial charge >= 0.3 is 5.97 Å². The monoisotopic (exact) mass is 512 g/mol. The fourth-order valence-corrected chi connectivity index (χ4v) is 7.67. The van der Waals surface area contributed by atoms with Gasteiger partial charge in [0.05, 0.1) is 22.6 Å². The van der Waals surface area contributed by atoms with E-state index >= 15 is 0 Å². The number of aromatic nitrogens is 1. The number of ether oxygens (including phenoxy) is 1. The fourth-order valence-electron chi connectivity index (χ4n) is 4.06. The van der Waals surface area contributed by atoms with Crippen molar-refractivity contribution in [3.63, 3.8) is 0 Å². The van der Waals surface area contributed by atoms with Crippen molar-refractivity contribution in [3.8, 4) is 0 Å². The maximum absolute atomic E-state index is 13.8. The SMILES string of the molecule is CC1CN(S(=O)(=O)c2c(C(=O)OCl)n(S(=O)(=O)c3ccccc3)c3ccccc23)CC(C)O1. The lowest BCUT2D eigenvalue weighted by molar-refractivity contribution is -0.0440. The Morgan fingerprint density at radius 2 is 1.52 bits per heavy atom. The highest BCUT2D eigenvalue weighted by molar-refractivity contribution is 7.91. The number of hydrogen-bond acceptors (Lipinski definition) is 7. The molecule has 2 aromatic carbocycles. The largest absolute Gasteiger partial charge is 0.375 e. The molecule has 0 aliphatic carbocycles. The fraction of sp³-hybridized carbons (Fsp3) is 0.286. The maximum Gasteiger partial charge on any atom is 0.375 e. The molecule has 2 heterocycles. The molecule has 0 radical (unpaired) electrons. The van der Waals surface area contributed by atoms with E-state index in [9.17, 15) is 21.6 Å². The second-order valence-electron chi connectivity index (χ2n) is 7.72. The number of halogens is 1. The van der Waals surface area contributed by atoms with Gasteiger partial charge in [0.1, 0.15) is 16.8 Å². The molecule has 176 valence electrons. The van der Waals surface area contributed by atoms with Crippen molar-refractivity contribution in [2.24, 2.45) is 0 Å². The molecule has 0 bridgehead atoms. The molecule has 1 saturated heterocycles. The molecule has 4 rings (SSSR count). The quantitative estimate of drug-likeness (QED) is 0.516. The van der Waals surface area contributed by atoms with Crippen LogP contribution in [0.3, 0.4) is 0 Å². The van der Waals surface area contributed by atoms with Crippen LogP contribution in [-0.4, -0.2) is 56.4 Å². The summed E-state index contributed by atoms with van der Waals surface area (Å²) in [6, 6.07) is 13.3. The zero-order valence-corrected chi connectivity index (χ0v) is 20.1. The van der Waals surface area contributed by atoms with Gasteiger partial charge in [0.15, 0.2) is 5.69 Å². The summed E-state index contributed by atoms with van der Waals surface area (Å²) in [5, 5.41) is 0.0564. The number of hydrogen-bond donors (Lipinski definition) is 0. The standard InChI is InChI=1S/C21H21ClN2O7S2/c1-14-12-23(13-15(2)30-14)33(28,29)20-17-10-6-7-11-18(17)24(19(20)21(25)31-22)32(26,27)16-8-4-3-5-9-16/h3-11,14-15H,12-13H2,1-2H3. The van der Waals surface area contributed by atoms with Gasteiger partial charge in [0, 0.05) is 18.5 Å². The molecule has 0 amide bonds. The van der Waals surface area contributed by atoms with Crippen LogP contribution >= 0.6 is 11.9 Å². The van der Waals surface area contributed by atoms with Gasteiger partial charge < -0.3 is 9.03 Å². The van der Waals surface area contributed by atoms with Gasteiger partial charge in [-0.15, -0.1) is 0 Å². The van der Waals surface area contributed by atoms with E-state index in [0.29, 0.717) is 3.97 Å². The lowest BCUT2D eigenvalue weighted by Gasteiger charge is -2.34. The summed E-state index contributed by atoms with van der Waals surface area (Å²) in [6.07, 6.45) is -0.790. The predicted molar refractivity (Wildman–Crippen MR) is 121 cm³/mol. The molecule has 3 aromatic rings. The first-order valence-electron chi connectivity index (χ1n) is 10.0. The number of carbonyl (C=O) groups is 1. The normalized spacial score (nSPS) is 20.1. The summed E-state index contributed by atoms with van der Waals surface area (Å²) in [5.74, 6) is -1.31. The van der Waals surface area contributed by atoms with Gasteiger partial charge in [-0.3, -0.25) is 0 Å². The van der Waals surface area contributed by atoms with Crippen molar-refractivity contribution < 1.29 is 30.7 Å². The lowest BCUT2D eigenvalue weighted by atomic mass is 10.2. The Bertz CT molecular complexity index is 1410. The van der Waals surface area contributed by atoms with E-state index in [4.69, 9.17) is 16.6 Å². The molecule has 2 unspecified atom stereocenters. The van der Waals surface area contributed by atoms with Crippen molar-refractivity contribution in [2.75, 3.05) is 13.1 Å². The van der Waals surface area contributed by atoms with Crippen LogP contribution in [0.25, 0.3) is 10.9 Å². The molecule has 0 saturated carbocycles. The molecule has 1 aliphatic heterocycles. The van der Waals surface area contributed by atoms with Gasteiger partial charge in [-0.05, 0) is 32.0 Å². The van der Waals surface area contributed by atoms with Crippen LogP contribution in [0.2, 0.25) is 0 Å². The first-order chi connectivity index (χ1) is 15.6. The highest BCUT2D eigenvalue weighted by Gasteiger charge is 2.41. The third kappa shape index (κ3) is 4.04. The molecule has 33 heavy (non-hydrogen) atoms. The zero-order chi connectivity index (χ0) is 24.0. The number of sulfonamides is 1. The van der Waals surface area contributed by atoms with E-state index in [1.54, 1.807) is 32.0 Å². The Morgan fingerprint density at radius 1 is 0.939 bits per heavy atom. The van der Waals surface area contributed by atoms with E-state index < -0.39 is 48.8 Å². The van der Waals surface area contributed by atoms with Crippen molar-refractivity contribution in [1.82, 2.24) is 8.28 Å². The van der Waals surface area contributed by atoms with Crippen LogP contribution in [0.5, 0.6) is 0 Å². The van der Waals surface area contributed by atoms with Gasteiger partial charge in [-0.25, -0.2) is 25.6 Å². The lowest BCUT2D eigenvalue weighted by Crippen LogP contribution is -2.48. The highest BCUT2D eigenvalue weighted by atomic mass is 35.5. The topological polar surface area (TPSA) is 112 Å². The van der Waals surface area contributed by atoms with Gasteiger partial charge in [-0.1, -0.05) is 36.4 Å². The number of rotatable bonds is 5. The number of morpholine rings is 1.